The minimum Gasteiger partial charge on any atom is -0.356 e. The third kappa shape index (κ3) is 3.72. The molecule has 1 aromatic carbocycles. The van der Waals surface area contributed by atoms with Crippen LogP contribution in [-0.2, 0) is 14.3 Å². The van der Waals surface area contributed by atoms with E-state index in [-0.39, 0.29) is 24.0 Å². The molecule has 1 saturated heterocycles. The summed E-state index contributed by atoms with van der Waals surface area (Å²) in [5, 5.41) is 6.05. The summed E-state index contributed by atoms with van der Waals surface area (Å²) >= 11 is 0. The van der Waals surface area contributed by atoms with Crippen LogP contribution in [0.25, 0.3) is 0 Å². The third-order valence-electron chi connectivity index (χ3n) is 4.81. The van der Waals surface area contributed by atoms with Crippen molar-refractivity contribution in [3.63, 3.8) is 0 Å². The average molecular weight is 316 g/mol. The van der Waals surface area contributed by atoms with Crippen LogP contribution in [0.3, 0.4) is 0 Å². The molecule has 1 saturated carbocycles. The molecule has 2 amide bonds. The van der Waals surface area contributed by atoms with Crippen LogP contribution in [0.5, 0.6) is 0 Å². The molecule has 1 aliphatic heterocycles. The van der Waals surface area contributed by atoms with Crippen LogP contribution in [0.1, 0.15) is 50.6 Å². The average Bonchev–Trinajstić information content (AvgIpc) is 2.55. The zero-order valence-corrected chi connectivity index (χ0v) is 13.5. The second kappa shape index (κ2) is 6.71. The highest BCUT2D eigenvalue weighted by Gasteiger charge is 2.39. The number of hydrogen-bond acceptors (Lipinski definition) is 3. The van der Waals surface area contributed by atoms with Crippen LogP contribution < -0.4 is 10.6 Å². The fourth-order valence-corrected chi connectivity index (χ4v) is 3.52. The lowest BCUT2D eigenvalue weighted by atomic mass is 9.83. The van der Waals surface area contributed by atoms with Crippen LogP contribution in [0.15, 0.2) is 30.3 Å². The maximum Gasteiger partial charge on any atom is 0.252 e. The van der Waals surface area contributed by atoms with Gasteiger partial charge in [0.1, 0.15) is 6.61 Å². The van der Waals surface area contributed by atoms with Crippen molar-refractivity contribution in [1.82, 2.24) is 10.6 Å². The Kier molecular flexibility index (Phi) is 4.66. The Morgan fingerprint density at radius 3 is 2.61 bits per heavy atom. The Bertz CT molecular complexity index is 567. The number of amides is 2. The lowest BCUT2D eigenvalue weighted by molar-refractivity contribution is -0.149. The monoisotopic (exact) mass is 316 g/mol. The van der Waals surface area contributed by atoms with Crippen LogP contribution in [0, 0.1) is 0 Å². The van der Waals surface area contributed by atoms with E-state index in [0.29, 0.717) is 0 Å². The van der Waals surface area contributed by atoms with Crippen molar-refractivity contribution in [2.75, 3.05) is 6.61 Å². The van der Waals surface area contributed by atoms with Crippen molar-refractivity contribution in [2.45, 2.75) is 56.7 Å². The zero-order valence-electron chi connectivity index (χ0n) is 13.5. The SMILES string of the molecule is CC1(NC(=O)C2OCC(=O)NC2c2ccccc2)CCCCC1. The lowest BCUT2D eigenvalue weighted by Gasteiger charge is -2.38. The number of ether oxygens (including phenoxy) is 1. The summed E-state index contributed by atoms with van der Waals surface area (Å²) < 4.78 is 5.58. The van der Waals surface area contributed by atoms with Crippen molar-refractivity contribution in [3.8, 4) is 0 Å². The Hall–Kier alpha value is -1.88. The minimum absolute atomic E-state index is 0.0713. The smallest absolute Gasteiger partial charge is 0.252 e. The number of nitrogens with one attached hydrogen (secondary N) is 2. The van der Waals surface area contributed by atoms with Gasteiger partial charge in [0, 0.05) is 5.54 Å². The van der Waals surface area contributed by atoms with E-state index in [1.807, 2.05) is 30.3 Å². The van der Waals surface area contributed by atoms with Gasteiger partial charge in [-0.05, 0) is 25.3 Å². The standard InChI is InChI=1S/C18H24N2O3/c1-18(10-6-3-7-11-18)20-17(22)16-15(19-14(21)12-23-16)13-8-4-2-5-9-13/h2,4-5,8-9,15-16H,3,6-7,10-12H2,1H3,(H,19,21)(H,20,22). The molecule has 0 radical (unpaired) electrons. The number of benzene rings is 1. The first-order valence-electron chi connectivity index (χ1n) is 8.35. The molecule has 0 aromatic heterocycles. The predicted molar refractivity (Wildman–Crippen MR) is 86.7 cm³/mol. The quantitative estimate of drug-likeness (QED) is 0.897. The first-order chi connectivity index (χ1) is 11.1. The predicted octanol–water partition coefficient (Wildman–Crippen LogP) is 2.08. The van der Waals surface area contributed by atoms with Crippen LogP contribution >= 0.6 is 0 Å². The van der Waals surface area contributed by atoms with Crippen molar-refractivity contribution < 1.29 is 14.3 Å². The maximum absolute atomic E-state index is 12.8. The fourth-order valence-electron chi connectivity index (χ4n) is 3.52. The molecule has 5 heteroatoms. The molecule has 2 unspecified atom stereocenters. The number of carbonyl (C=O) groups excluding carboxylic acids is 2. The molecule has 1 aromatic rings. The normalized spacial score (nSPS) is 27.1. The van der Waals surface area contributed by atoms with Crippen molar-refractivity contribution >= 4 is 11.8 Å². The van der Waals surface area contributed by atoms with E-state index in [1.165, 1.54) is 6.42 Å². The molecule has 0 bridgehead atoms. The van der Waals surface area contributed by atoms with E-state index < -0.39 is 12.1 Å². The van der Waals surface area contributed by atoms with E-state index in [0.717, 1.165) is 31.2 Å². The zero-order chi connectivity index (χ0) is 16.3. The Morgan fingerprint density at radius 1 is 1.22 bits per heavy atom. The number of hydrogen-bond donors (Lipinski definition) is 2. The van der Waals surface area contributed by atoms with E-state index in [4.69, 9.17) is 4.74 Å². The molecule has 124 valence electrons. The largest absolute Gasteiger partial charge is 0.356 e. The number of carbonyl (C=O) groups is 2. The van der Waals surface area contributed by atoms with E-state index in [1.54, 1.807) is 0 Å². The summed E-state index contributed by atoms with van der Waals surface area (Å²) in [6.45, 7) is 2.03. The van der Waals surface area contributed by atoms with Gasteiger partial charge in [-0.25, -0.2) is 0 Å². The van der Waals surface area contributed by atoms with Gasteiger partial charge < -0.3 is 15.4 Å². The van der Waals surface area contributed by atoms with Gasteiger partial charge in [-0.2, -0.15) is 0 Å². The van der Waals surface area contributed by atoms with Gasteiger partial charge in [0.05, 0.1) is 6.04 Å². The highest BCUT2D eigenvalue weighted by Crippen LogP contribution is 2.29. The number of morpholine rings is 1. The Labute approximate surface area is 136 Å². The molecular weight excluding hydrogens is 292 g/mol. The number of rotatable bonds is 3. The van der Waals surface area contributed by atoms with Gasteiger partial charge in [0.25, 0.3) is 5.91 Å². The lowest BCUT2D eigenvalue weighted by Crippen LogP contribution is -2.57. The molecule has 23 heavy (non-hydrogen) atoms. The second-order valence-corrected chi connectivity index (χ2v) is 6.80. The maximum atomic E-state index is 12.8. The summed E-state index contributed by atoms with van der Waals surface area (Å²) in [6, 6.07) is 9.07. The molecule has 2 fully saturated rings. The summed E-state index contributed by atoms with van der Waals surface area (Å²) in [7, 11) is 0. The van der Waals surface area contributed by atoms with Crippen molar-refractivity contribution in [2.24, 2.45) is 0 Å². The topological polar surface area (TPSA) is 67.4 Å². The second-order valence-electron chi connectivity index (χ2n) is 6.80. The van der Waals surface area contributed by atoms with E-state index in [9.17, 15) is 9.59 Å². The first-order valence-corrected chi connectivity index (χ1v) is 8.35. The molecule has 1 aliphatic carbocycles. The van der Waals surface area contributed by atoms with Gasteiger partial charge in [-0.3, -0.25) is 9.59 Å². The molecule has 2 atom stereocenters. The van der Waals surface area contributed by atoms with Gasteiger partial charge in [-0.1, -0.05) is 49.6 Å². The van der Waals surface area contributed by atoms with Gasteiger partial charge in [0.2, 0.25) is 5.91 Å². The van der Waals surface area contributed by atoms with Gasteiger partial charge in [0.15, 0.2) is 6.10 Å². The highest BCUT2D eigenvalue weighted by molar-refractivity contribution is 5.86. The minimum atomic E-state index is -0.686. The first kappa shape index (κ1) is 16.0. The van der Waals surface area contributed by atoms with Crippen LogP contribution in [0.2, 0.25) is 0 Å². The van der Waals surface area contributed by atoms with Crippen molar-refractivity contribution in [3.05, 3.63) is 35.9 Å². The van der Waals surface area contributed by atoms with Crippen LogP contribution in [-0.4, -0.2) is 30.1 Å². The third-order valence-corrected chi connectivity index (χ3v) is 4.81. The summed E-state index contributed by atoms with van der Waals surface area (Å²) in [4.78, 5) is 24.5. The van der Waals surface area contributed by atoms with Crippen LogP contribution in [0.4, 0.5) is 0 Å². The summed E-state index contributed by atoms with van der Waals surface area (Å²) in [5.41, 5.74) is 0.719. The molecule has 1 heterocycles. The molecule has 0 spiro atoms. The summed E-state index contributed by atoms with van der Waals surface area (Å²) in [5.74, 6) is -0.324. The van der Waals surface area contributed by atoms with Crippen molar-refractivity contribution in [1.29, 1.82) is 0 Å². The molecule has 5 nitrogen and oxygen atoms in total. The van der Waals surface area contributed by atoms with E-state index in [2.05, 4.69) is 17.6 Å². The van der Waals surface area contributed by atoms with E-state index >= 15 is 0 Å². The summed E-state index contributed by atoms with van der Waals surface area (Å²) in [6.07, 6.45) is 4.81. The molecular formula is C18H24N2O3. The van der Waals surface area contributed by atoms with Gasteiger partial charge >= 0.3 is 0 Å². The molecule has 3 rings (SSSR count). The Balaban J connectivity index is 1.75. The Morgan fingerprint density at radius 2 is 1.91 bits per heavy atom. The highest BCUT2D eigenvalue weighted by atomic mass is 16.5. The fraction of sp³-hybridized carbons (Fsp3) is 0.556. The molecule has 2 aliphatic rings. The molecule has 2 N–H and O–H groups in total. The van der Waals surface area contributed by atoms with Gasteiger partial charge in [-0.15, -0.1) is 0 Å².